The van der Waals surface area contributed by atoms with E-state index in [4.69, 9.17) is 4.74 Å². The smallest absolute Gasteiger partial charge is 0.339 e. The van der Waals surface area contributed by atoms with Gasteiger partial charge >= 0.3 is 5.97 Å². The van der Waals surface area contributed by atoms with E-state index in [1.54, 1.807) is 6.92 Å². The van der Waals surface area contributed by atoms with Gasteiger partial charge in [0.2, 0.25) is 0 Å². The van der Waals surface area contributed by atoms with Crippen LogP contribution in [0.5, 0.6) is 0 Å². The number of carbonyl (C=O) groups is 2. The summed E-state index contributed by atoms with van der Waals surface area (Å²) in [5, 5.41) is 2.99. The number of halogens is 1. The number of hydrogen-bond donors (Lipinski definition) is 1. The second kappa shape index (κ2) is 7.77. The maximum atomic E-state index is 13.5. The Morgan fingerprint density at radius 3 is 2.67 bits per heavy atom. The third-order valence-corrected chi connectivity index (χ3v) is 5.10. The van der Waals surface area contributed by atoms with E-state index in [2.05, 4.69) is 19.2 Å². The number of esters is 1. The first-order valence-electron chi connectivity index (χ1n) is 8.57. The van der Waals surface area contributed by atoms with Crippen molar-refractivity contribution in [3.05, 3.63) is 35.1 Å². The van der Waals surface area contributed by atoms with Gasteiger partial charge in [0.05, 0.1) is 5.56 Å². The second-order valence-electron chi connectivity index (χ2n) is 6.89. The number of hydrogen-bond acceptors (Lipinski definition) is 3. The summed E-state index contributed by atoms with van der Waals surface area (Å²) < 4.78 is 18.7. The van der Waals surface area contributed by atoms with Crippen molar-refractivity contribution < 1.29 is 18.7 Å². The van der Waals surface area contributed by atoms with Crippen molar-refractivity contribution in [2.45, 2.75) is 59.1 Å². The fraction of sp³-hybridized carbons (Fsp3) is 0.579. The summed E-state index contributed by atoms with van der Waals surface area (Å²) in [5.74, 6) is -0.496. The van der Waals surface area contributed by atoms with Gasteiger partial charge in [-0.15, -0.1) is 0 Å². The maximum Gasteiger partial charge on any atom is 0.339 e. The molecule has 4 atom stereocenters. The minimum Gasteiger partial charge on any atom is -0.449 e. The minimum atomic E-state index is -0.911. The number of amides is 1. The third-order valence-electron chi connectivity index (χ3n) is 5.10. The highest BCUT2D eigenvalue weighted by Gasteiger charge is 2.30. The monoisotopic (exact) mass is 335 g/mol. The number of aryl methyl sites for hydroxylation is 1. The van der Waals surface area contributed by atoms with Crippen LogP contribution < -0.4 is 5.32 Å². The topological polar surface area (TPSA) is 55.4 Å². The molecule has 1 N–H and O–H groups in total. The van der Waals surface area contributed by atoms with Gasteiger partial charge in [0.25, 0.3) is 5.91 Å². The minimum absolute atomic E-state index is 0.109. The lowest BCUT2D eigenvalue weighted by atomic mass is 9.78. The molecule has 0 bridgehead atoms. The van der Waals surface area contributed by atoms with Gasteiger partial charge in [0.1, 0.15) is 5.82 Å². The van der Waals surface area contributed by atoms with E-state index in [0.717, 1.165) is 18.9 Å². The molecule has 1 saturated carbocycles. The zero-order chi connectivity index (χ0) is 17.9. The Kier molecular flexibility index (Phi) is 5.97. The highest BCUT2D eigenvalue weighted by Crippen LogP contribution is 2.29. The molecule has 24 heavy (non-hydrogen) atoms. The molecule has 1 aromatic rings. The summed E-state index contributed by atoms with van der Waals surface area (Å²) in [4.78, 5) is 24.4. The highest BCUT2D eigenvalue weighted by atomic mass is 19.1. The number of ether oxygens (including phenoxy) is 1. The lowest BCUT2D eigenvalue weighted by Gasteiger charge is -2.35. The summed E-state index contributed by atoms with van der Waals surface area (Å²) >= 11 is 0. The third kappa shape index (κ3) is 4.34. The van der Waals surface area contributed by atoms with Gasteiger partial charge in [-0.1, -0.05) is 32.8 Å². The standard InChI is InChI=1S/C19H26FNO3/c1-11-6-5-7-17(13(11)3)21-18(22)14(4)24-19(23)15-9-8-12(2)16(20)10-15/h8-11,13-14,17H,5-7H2,1-4H3,(H,21,22)/t11-,13-,14-,17-/m0/s1. The van der Waals surface area contributed by atoms with E-state index >= 15 is 0 Å². The molecule has 2 rings (SSSR count). The first-order valence-corrected chi connectivity index (χ1v) is 8.57. The van der Waals surface area contributed by atoms with E-state index in [0.29, 0.717) is 17.4 Å². The molecular formula is C19H26FNO3. The maximum absolute atomic E-state index is 13.5. The van der Waals surface area contributed by atoms with Crippen LogP contribution in [0.2, 0.25) is 0 Å². The summed E-state index contributed by atoms with van der Waals surface area (Å²) in [7, 11) is 0. The fourth-order valence-electron chi connectivity index (χ4n) is 3.09. The van der Waals surface area contributed by atoms with Crippen molar-refractivity contribution in [1.29, 1.82) is 0 Å². The van der Waals surface area contributed by atoms with Crippen LogP contribution >= 0.6 is 0 Å². The first-order chi connectivity index (χ1) is 11.3. The van der Waals surface area contributed by atoms with Crippen LogP contribution in [0.1, 0.15) is 56.0 Å². The molecule has 0 heterocycles. The first kappa shape index (κ1) is 18.4. The number of carbonyl (C=O) groups excluding carboxylic acids is 2. The Labute approximate surface area is 142 Å². The molecule has 1 aliphatic rings. The van der Waals surface area contributed by atoms with E-state index in [1.807, 2.05) is 0 Å². The summed E-state index contributed by atoms with van der Waals surface area (Å²) in [6.45, 7) is 7.49. The highest BCUT2D eigenvalue weighted by molar-refractivity contribution is 5.92. The molecule has 0 aliphatic heterocycles. The van der Waals surface area contributed by atoms with Crippen LogP contribution in [0.4, 0.5) is 4.39 Å². The average molecular weight is 335 g/mol. The van der Waals surface area contributed by atoms with Crippen LogP contribution in [-0.2, 0) is 9.53 Å². The van der Waals surface area contributed by atoms with Crippen LogP contribution in [0.3, 0.4) is 0 Å². The molecular weight excluding hydrogens is 309 g/mol. The Bertz CT molecular complexity index is 617. The number of nitrogens with one attached hydrogen (secondary N) is 1. The molecule has 1 fully saturated rings. The Morgan fingerprint density at radius 1 is 1.29 bits per heavy atom. The van der Waals surface area contributed by atoms with Crippen LogP contribution in [-0.4, -0.2) is 24.0 Å². The van der Waals surface area contributed by atoms with Crippen LogP contribution in [0, 0.1) is 24.6 Å². The van der Waals surface area contributed by atoms with Gasteiger partial charge in [-0.05, 0) is 49.8 Å². The van der Waals surface area contributed by atoms with Crippen molar-refractivity contribution in [2.75, 3.05) is 0 Å². The predicted octanol–water partition coefficient (Wildman–Crippen LogP) is 3.62. The van der Waals surface area contributed by atoms with Crippen molar-refractivity contribution in [2.24, 2.45) is 11.8 Å². The lowest BCUT2D eigenvalue weighted by molar-refractivity contribution is -0.130. The molecule has 132 valence electrons. The molecule has 1 aliphatic carbocycles. The van der Waals surface area contributed by atoms with Crippen LogP contribution in [0.15, 0.2) is 18.2 Å². The summed E-state index contributed by atoms with van der Waals surface area (Å²) in [5.41, 5.74) is 0.565. The van der Waals surface area contributed by atoms with Gasteiger partial charge in [0, 0.05) is 6.04 Å². The van der Waals surface area contributed by atoms with Gasteiger partial charge in [-0.2, -0.15) is 0 Å². The predicted molar refractivity (Wildman–Crippen MR) is 90.1 cm³/mol. The van der Waals surface area contributed by atoms with Crippen molar-refractivity contribution >= 4 is 11.9 Å². The molecule has 0 aromatic heterocycles. The molecule has 1 aromatic carbocycles. The van der Waals surface area contributed by atoms with Gasteiger partial charge in [-0.25, -0.2) is 9.18 Å². The molecule has 0 unspecified atom stereocenters. The van der Waals surface area contributed by atoms with Gasteiger partial charge in [-0.3, -0.25) is 4.79 Å². The largest absolute Gasteiger partial charge is 0.449 e. The molecule has 0 spiro atoms. The van der Waals surface area contributed by atoms with Gasteiger partial charge in [0.15, 0.2) is 6.10 Å². The average Bonchev–Trinajstić information content (AvgIpc) is 2.54. The van der Waals surface area contributed by atoms with Gasteiger partial charge < -0.3 is 10.1 Å². The number of benzene rings is 1. The van der Waals surface area contributed by atoms with E-state index in [1.165, 1.54) is 25.5 Å². The molecule has 5 heteroatoms. The molecule has 0 saturated heterocycles. The molecule has 1 amide bonds. The Morgan fingerprint density at radius 2 is 2.00 bits per heavy atom. The SMILES string of the molecule is Cc1ccc(C(=O)O[C@@H](C)C(=O)N[C@H]2CCC[C@H](C)[C@@H]2C)cc1F. The summed E-state index contributed by atoms with van der Waals surface area (Å²) in [6.07, 6.45) is 2.30. The quantitative estimate of drug-likeness (QED) is 0.855. The van der Waals surface area contributed by atoms with Crippen LogP contribution in [0.25, 0.3) is 0 Å². The fourth-order valence-corrected chi connectivity index (χ4v) is 3.09. The zero-order valence-corrected chi connectivity index (χ0v) is 14.8. The Balaban J connectivity index is 1.93. The zero-order valence-electron chi connectivity index (χ0n) is 14.8. The van der Waals surface area contributed by atoms with Crippen molar-refractivity contribution in [3.63, 3.8) is 0 Å². The molecule has 0 radical (unpaired) electrons. The molecule has 4 nitrogen and oxygen atoms in total. The number of rotatable bonds is 4. The van der Waals surface area contributed by atoms with Crippen molar-refractivity contribution in [1.82, 2.24) is 5.32 Å². The lowest BCUT2D eigenvalue weighted by Crippen LogP contribution is -2.47. The normalized spacial score (nSPS) is 25.0. The van der Waals surface area contributed by atoms with E-state index in [-0.39, 0.29) is 17.5 Å². The second-order valence-corrected chi connectivity index (χ2v) is 6.89. The summed E-state index contributed by atoms with van der Waals surface area (Å²) in [6, 6.07) is 4.25. The Hall–Kier alpha value is -1.91. The van der Waals surface area contributed by atoms with Crippen molar-refractivity contribution in [3.8, 4) is 0 Å². The van der Waals surface area contributed by atoms with E-state index in [9.17, 15) is 14.0 Å². The van der Waals surface area contributed by atoms with E-state index < -0.39 is 17.9 Å².